The van der Waals surface area contributed by atoms with Crippen LogP contribution in [0.1, 0.15) is 37.8 Å². The number of benzene rings is 2. The van der Waals surface area contributed by atoms with E-state index in [0.717, 1.165) is 12.0 Å². The molecule has 156 valence electrons. The van der Waals surface area contributed by atoms with Crippen LogP contribution in [0.4, 0.5) is 0 Å². The minimum Gasteiger partial charge on any atom is -0.354 e. The van der Waals surface area contributed by atoms with Crippen LogP contribution in [-0.2, 0) is 22.4 Å². The van der Waals surface area contributed by atoms with E-state index in [-0.39, 0.29) is 18.2 Å². The Morgan fingerprint density at radius 2 is 1.79 bits per heavy atom. The monoisotopic (exact) mass is 434 g/mol. The number of amides is 2. The van der Waals surface area contributed by atoms with Gasteiger partial charge in [0.2, 0.25) is 11.8 Å². The quantitative estimate of drug-likeness (QED) is 0.577. The van der Waals surface area contributed by atoms with Crippen LogP contribution < -0.4 is 5.32 Å². The number of rotatable bonds is 10. The van der Waals surface area contributed by atoms with Crippen LogP contribution >= 0.6 is 23.2 Å². The maximum Gasteiger partial charge on any atom is 0.242 e. The van der Waals surface area contributed by atoms with Crippen molar-refractivity contribution in [1.29, 1.82) is 0 Å². The van der Waals surface area contributed by atoms with E-state index in [1.807, 2.05) is 44.2 Å². The zero-order valence-electron chi connectivity index (χ0n) is 17.0. The molecule has 2 aromatic rings. The molecule has 0 bridgehead atoms. The number of carbonyl (C=O) groups is 2. The van der Waals surface area contributed by atoms with Gasteiger partial charge in [-0.1, -0.05) is 73.4 Å². The van der Waals surface area contributed by atoms with Crippen molar-refractivity contribution in [2.24, 2.45) is 0 Å². The molecular formula is C23H28Cl2N2O2. The van der Waals surface area contributed by atoms with Crippen LogP contribution in [-0.4, -0.2) is 35.8 Å². The fourth-order valence-corrected chi connectivity index (χ4v) is 3.67. The number of carbonyl (C=O) groups excluding carboxylic acids is 2. The first-order chi connectivity index (χ1) is 14.0. The van der Waals surface area contributed by atoms with E-state index in [1.54, 1.807) is 23.1 Å². The Kier molecular flexibility index (Phi) is 9.49. The molecule has 0 saturated heterocycles. The van der Waals surface area contributed by atoms with Crippen molar-refractivity contribution >= 4 is 35.0 Å². The maximum atomic E-state index is 13.2. The zero-order valence-corrected chi connectivity index (χ0v) is 18.5. The third-order valence-corrected chi connectivity index (χ3v) is 5.36. The summed E-state index contributed by atoms with van der Waals surface area (Å²) in [5, 5.41) is 3.90. The Morgan fingerprint density at radius 3 is 2.41 bits per heavy atom. The summed E-state index contributed by atoms with van der Waals surface area (Å²) in [6.45, 7) is 4.99. The fraction of sp³-hybridized carbons (Fsp3) is 0.391. The van der Waals surface area contributed by atoms with Crippen LogP contribution in [0.15, 0.2) is 48.5 Å². The molecule has 0 radical (unpaired) electrons. The van der Waals surface area contributed by atoms with Crippen molar-refractivity contribution in [3.05, 3.63) is 69.7 Å². The van der Waals surface area contributed by atoms with Gasteiger partial charge in [-0.15, -0.1) is 0 Å². The van der Waals surface area contributed by atoms with Gasteiger partial charge in [0.15, 0.2) is 0 Å². The van der Waals surface area contributed by atoms with Gasteiger partial charge in [-0.2, -0.15) is 0 Å². The second-order valence-electron chi connectivity index (χ2n) is 6.95. The van der Waals surface area contributed by atoms with E-state index in [2.05, 4.69) is 5.32 Å². The molecule has 0 fully saturated rings. The van der Waals surface area contributed by atoms with E-state index in [4.69, 9.17) is 23.2 Å². The smallest absolute Gasteiger partial charge is 0.242 e. The Labute approximate surface area is 183 Å². The lowest BCUT2D eigenvalue weighted by molar-refractivity contribution is -0.140. The average Bonchev–Trinajstić information content (AvgIpc) is 2.72. The van der Waals surface area contributed by atoms with Gasteiger partial charge in [-0.25, -0.2) is 0 Å². The van der Waals surface area contributed by atoms with Gasteiger partial charge in [0.1, 0.15) is 6.04 Å². The Balaban J connectivity index is 2.21. The fourth-order valence-electron chi connectivity index (χ4n) is 3.19. The Hall–Kier alpha value is -2.04. The second-order valence-corrected chi connectivity index (χ2v) is 7.79. The van der Waals surface area contributed by atoms with Gasteiger partial charge >= 0.3 is 0 Å². The first kappa shape index (κ1) is 23.2. The van der Waals surface area contributed by atoms with Gasteiger partial charge in [-0.3, -0.25) is 9.59 Å². The molecule has 2 rings (SSSR count). The van der Waals surface area contributed by atoms with E-state index in [9.17, 15) is 9.59 Å². The number of halogens is 2. The maximum absolute atomic E-state index is 13.2. The predicted molar refractivity (Wildman–Crippen MR) is 119 cm³/mol. The summed E-state index contributed by atoms with van der Waals surface area (Å²) in [4.78, 5) is 27.6. The highest BCUT2D eigenvalue weighted by Crippen LogP contribution is 2.22. The van der Waals surface area contributed by atoms with E-state index in [1.165, 1.54) is 0 Å². The third kappa shape index (κ3) is 7.06. The summed E-state index contributed by atoms with van der Waals surface area (Å²) < 4.78 is 0. The molecule has 0 aliphatic carbocycles. The van der Waals surface area contributed by atoms with Gasteiger partial charge in [0.25, 0.3) is 0 Å². The molecule has 1 N–H and O–H groups in total. The summed E-state index contributed by atoms with van der Waals surface area (Å²) in [5.74, 6) is -0.235. The SMILES string of the molecule is CCCNC(=O)[C@@H](CC)N(CCc1ccccc1)C(=O)Cc1ccc(Cl)cc1Cl. The molecule has 0 aromatic heterocycles. The summed E-state index contributed by atoms with van der Waals surface area (Å²) in [7, 11) is 0. The van der Waals surface area contributed by atoms with E-state index < -0.39 is 6.04 Å². The molecule has 0 heterocycles. The van der Waals surface area contributed by atoms with Crippen molar-refractivity contribution in [2.45, 2.75) is 45.6 Å². The topological polar surface area (TPSA) is 49.4 Å². The summed E-state index contributed by atoms with van der Waals surface area (Å²) in [6, 6.07) is 14.6. The number of hydrogen-bond donors (Lipinski definition) is 1. The number of nitrogens with one attached hydrogen (secondary N) is 1. The van der Waals surface area contributed by atoms with Gasteiger partial charge in [0.05, 0.1) is 6.42 Å². The minimum absolute atomic E-state index is 0.113. The second kappa shape index (κ2) is 11.8. The largest absolute Gasteiger partial charge is 0.354 e. The van der Waals surface area contributed by atoms with Crippen molar-refractivity contribution in [1.82, 2.24) is 10.2 Å². The van der Waals surface area contributed by atoms with Crippen LogP contribution in [0.5, 0.6) is 0 Å². The van der Waals surface area contributed by atoms with Crippen LogP contribution in [0, 0.1) is 0 Å². The zero-order chi connectivity index (χ0) is 21.2. The molecule has 6 heteroatoms. The average molecular weight is 435 g/mol. The highest BCUT2D eigenvalue weighted by Gasteiger charge is 2.28. The molecule has 4 nitrogen and oxygen atoms in total. The standard InChI is InChI=1S/C23H28Cl2N2O2/c1-3-13-26-23(29)21(4-2)27(14-12-17-8-6-5-7-9-17)22(28)15-18-10-11-19(24)16-20(18)25/h5-11,16,21H,3-4,12-15H2,1-2H3,(H,26,29)/t21-/m1/s1. The van der Waals surface area contributed by atoms with Gasteiger partial charge in [-0.05, 0) is 42.5 Å². The molecule has 1 atom stereocenters. The summed E-state index contributed by atoms with van der Waals surface area (Å²) in [5.41, 5.74) is 1.83. The van der Waals surface area contributed by atoms with Crippen LogP contribution in [0.2, 0.25) is 10.0 Å². The third-order valence-electron chi connectivity index (χ3n) is 4.78. The highest BCUT2D eigenvalue weighted by molar-refractivity contribution is 6.35. The van der Waals surface area contributed by atoms with E-state index in [0.29, 0.717) is 41.5 Å². The highest BCUT2D eigenvalue weighted by atomic mass is 35.5. The Morgan fingerprint density at radius 1 is 1.07 bits per heavy atom. The van der Waals surface area contributed by atoms with Crippen molar-refractivity contribution < 1.29 is 9.59 Å². The minimum atomic E-state index is -0.510. The van der Waals surface area contributed by atoms with Crippen LogP contribution in [0.25, 0.3) is 0 Å². The van der Waals surface area contributed by atoms with Crippen LogP contribution in [0.3, 0.4) is 0 Å². The molecule has 0 saturated carbocycles. The normalized spacial score (nSPS) is 11.7. The predicted octanol–water partition coefficient (Wildman–Crippen LogP) is 4.91. The molecule has 29 heavy (non-hydrogen) atoms. The van der Waals surface area contributed by atoms with Crippen molar-refractivity contribution in [2.75, 3.05) is 13.1 Å². The lowest BCUT2D eigenvalue weighted by Crippen LogP contribution is -2.50. The molecular weight excluding hydrogens is 407 g/mol. The molecule has 0 aliphatic rings. The van der Waals surface area contributed by atoms with Crippen molar-refractivity contribution in [3.63, 3.8) is 0 Å². The molecule has 0 aliphatic heterocycles. The Bertz CT molecular complexity index is 812. The molecule has 2 aromatic carbocycles. The molecule has 0 spiro atoms. The number of nitrogens with zero attached hydrogens (tertiary/aromatic N) is 1. The molecule has 0 unspecified atom stereocenters. The van der Waals surface area contributed by atoms with Crippen molar-refractivity contribution in [3.8, 4) is 0 Å². The first-order valence-corrected chi connectivity index (χ1v) is 10.8. The lowest BCUT2D eigenvalue weighted by Gasteiger charge is -2.31. The molecule has 2 amide bonds. The van der Waals surface area contributed by atoms with Gasteiger partial charge < -0.3 is 10.2 Å². The van der Waals surface area contributed by atoms with E-state index >= 15 is 0 Å². The summed E-state index contributed by atoms with van der Waals surface area (Å²) >= 11 is 12.2. The van der Waals surface area contributed by atoms with Gasteiger partial charge in [0, 0.05) is 23.1 Å². The lowest BCUT2D eigenvalue weighted by atomic mass is 10.1. The number of hydrogen-bond acceptors (Lipinski definition) is 2. The summed E-state index contributed by atoms with van der Waals surface area (Å²) in [6.07, 6.45) is 2.20. The first-order valence-electron chi connectivity index (χ1n) is 10.0.